The molecule has 0 aliphatic carbocycles. The molecule has 6 rings (SSSR count). The smallest absolute Gasteiger partial charge is 0.261 e. The van der Waals surface area contributed by atoms with Gasteiger partial charge in [0.05, 0.1) is 16.7 Å². The number of rotatable bonds is 9. The van der Waals surface area contributed by atoms with E-state index in [1.54, 1.807) is 17.5 Å². The lowest BCUT2D eigenvalue weighted by molar-refractivity contribution is 0.0745. The number of carbonyl (C=O) groups excluding carboxylic acids is 1. The van der Waals surface area contributed by atoms with E-state index < -0.39 is 0 Å². The monoisotopic (exact) mass is 530 g/mol. The van der Waals surface area contributed by atoms with Crippen LogP contribution >= 0.6 is 11.3 Å². The first-order valence-electron chi connectivity index (χ1n) is 13.5. The van der Waals surface area contributed by atoms with Crippen LogP contribution in [0.4, 0.5) is 5.69 Å². The molecule has 9 heteroatoms. The first kappa shape index (κ1) is 24.9. The lowest BCUT2D eigenvalue weighted by atomic mass is 10.1. The van der Waals surface area contributed by atoms with Crippen molar-refractivity contribution < 1.29 is 4.79 Å². The lowest BCUT2D eigenvalue weighted by Crippen LogP contribution is -2.34. The summed E-state index contributed by atoms with van der Waals surface area (Å²) in [6, 6.07) is 7.90. The Balaban J connectivity index is 1.20. The molecule has 0 saturated carbocycles. The van der Waals surface area contributed by atoms with Crippen molar-refractivity contribution in [2.45, 2.75) is 39.7 Å². The zero-order chi connectivity index (χ0) is 26.2. The van der Waals surface area contributed by atoms with Gasteiger partial charge in [-0.1, -0.05) is 6.92 Å². The van der Waals surface area contributed by atoms with Crippen molar-refractivity contribution in [3.05, 3.63) is 67.8 Å². The normalized spacial score (nSPS) is 16.5. The molecule has 1 fully saturated rings. The molecule has 1 aromatic carbocycles. The fourth-order valence-electron chi connectivity index (χ4n) is 5.82. The maximum absolute atomic E-state index is 13.2. The summed E-state index contributed by atoms with van der Waals surface area (Å²) in [4.78, 5) is 42.8. The van der Waals surface area contributed by atoms with Gasteiger partial charge in [-0.2, -0.15) is 0 Å². The Morgan fingerprint density at radius 3 is 2.79 bits per heavy atom. The number of benzene rings is 1. The Labute approximate surface area is 226 Å². The number of nitrogens with one attached hydrogen (secondary N) is 3. The Morgan fingerprint density at radius 2 is 2.00 bits per heavy atom. The largest absolute Gasteiger partial charge is 0.384 e. The average molecular weight is 531 g/mol. The van der Waals surface area contributed by atoms with Crippen LogP contribution in [0.15, 0.2) is 40.6 Å². The van der Waals surface area contributed by atoms with Gasteiger partial charge in [-0.3, -0.25) is 9.59 Å². The minimum absolute atomic E-state index is 0.0727. The number of H-pyrrole nitrogens is 2. The Hall–Kier alpha value is -3.43. The number of likely N-dealkylation sites (tertiary alicyclic amines) is 1. The molecule has 1 saturated heterocycles. The van der Waals surface area contributed by atoms with Crippen LogP contribution in [0, 0.1) is 12.8 Å². The number of carbonyl (C=O) groups is 1. The Bertz CT molecular complexity index is 1530. The Morgan fingerprint density at radius 1 is 1.16 bits per heavy atom. The van der Waals surface area contributed by atoms with Gasteiger partial charge in [0.25, 0.3) is 11.5 Å². The van der Waals surface area contributed by atoms with Gasteiger partial charge in [-0.05, 0) is 86.0 Å². The molecule has 8 nitrogen and oxygen atoms in total. The van der Waals surface area contributed by atoms with Crippen molar-refractivity contribution in [1.82, 2.24) is 24.8 Å². The first-order valence-corrected chi connectivity index (χ1v) is 14.4. The summed E-state index contributed by atoms with van der Waals surface area (Å²) in [6.07, 6.45) is 5.10. The van der Waals surface area contributed by atoms with Crippen LogP contribution in [-0.2, 0) is 13.0 Å². The van der Waals surface area contributed by atoms with E-state index in [4.69, 9.17) is 4.98 Å². The second-order valence-corrected chi connectivity index (χ2v) is 11.7. The number of fused-ring (bicyclic) bond motifs is 2. The highest BCUT2D eigenvalue weighted by Gasteiger charge is 2.30. The number of amides is 1. The lowest BCUT2D eigenvalue weighted by Gasteiger charge is -2.24. The summed E-state index contributed by atoms with van der Waals surface area (Å²) in [5, 5.41) is 5.53. The maximum atomic E-state index is 13.2. The summed E-state index contributed by atoms with van der Waals surface area (Å²) in [5.74, 6) is 1.01. The molecule has 3 N–H and O–H groups in total. The molecule has 1 atom stereocenters. The van der Waals surface area contributed by atoms with Crippen LogP contribution in [0.5, 0.6) is 0 Å². The predicted molar refractivity (Wildman–Crippen MR) is 153 cm³/mol. The molecule has 198 valence electrons. The first-order chi connectivity index (χ1) is 18.5. The highest BCUT2D eigenvalue weighted by atomic mass is 32.1. The van der Waals surface area contributed by atoms with E-state index in [9.17, 15) is 9.59 Å². The van der Waals surface area contributed by atoms with Crippen LogP contribution in [-0.4, -0.2) is 63.4 Å². The van der Waals surface area contributed by atoms with Crippen LogP contribution in [0.2, 0.25) is 0 Å². The number of aryl methyl sites for hydroxylation is 1. The fraction of sp³-hybridized carbons (Fsp3) is 0.414. The van der Waals surface area contributed by atoms with Crippen molar-refractivity contribution in [1.29, 1.82) is 0 Å². The van der Waals surface area contributed by atoms with Gasteiger partial charge in [-0.25, -0.2) is 4.98 Å². The number of hydrogen-bond acceptors (Lipinski definition) is 6. The summed E-state index contributed by atoms with van der Waals surface area (Å²) in [5.41, 5.74) is 5.57. The molecule has 2 aliphatic rings. The highest BCUT2D eigenvalue weighted by molar-refractivity contribution is 7.10. The SMILES string of the molecule is Cc1ccsc1CCNc1cc[nH]c(=O)c1-c1nc2cc3c(cc2[nH]1)CN(CC(C)CN1CCCC1)C3=O. The second-order valence-electron chi connectivity index (χ2n) is 10.7. The molecule has 0 bridgehead atoms. The Kier molecular flexibility index (Phi) is 6.80. The summed E-state index contributed by atoms with van der Waals surface area (Å²) in [7, 11) is 0. The van der Waals surface area contributed by atoms with Crippen LogP contribution in [0.3, 0.4) is 0 Å². The van der Waals surface area contributed by atoms with Gasteiger partial charge in [0.2, 0.25) is 0 Å². The van der Waals surface area contributed by atoms with Crippen molar-refractivity contribution in [2.24, 2.45) is 5.92 Å². The fourth-order valence-corrected chi connectivity index (χ4v) is 6.73. The summed E-state index contributed by atoms with van der Waals surface area (Å²) < 4.78 is 0. The van der Waals surface area contributed by atoms with Gasteiger partial charge in [0.1, 0.15) is 11.4 Å². The van der Waals surface area contributed by atoms with Crippen molar-refractivity contribution in [2.75, 3.05) is 38.0 Å². The maximum Gasteiger partial charge on any atom is 0.261 e. The third-order valence-electron chi connectivity index (χ3n) is 7.72. The number of thiophene rings is 1. The van der Waals surface area contributed by atoms with Crippen molar-refractivity contribution >= 4 is 34.0 Å². The van der Waals surface area contributed by atoms with E-state index in [1.807, 2.05) is 23.1 Å². The summed E-state index contributed by atoms with van der Waals surface area (Å²) in [6.45, 7) is 9.83. The predicted octanol–water partition coefficient (Wildman–Crippen LogP) is 4.63. The van der Waals surface area contributed by atoms with E-state index in [-0.39, 0.29) is 11.5 Å². The third kappa shape index (κ3) is 4.88. The van der Waals surface area contributed by atoms with Crippen LogP contribution in [0.1, 0.15) is 46.1 Å². The molecule has 0 radical (unpaired) electrons. The van der Waals surface area contributed by atoms with Gasteiger partial charge >= 0.3 is 0 Å². The molecule has 1 unspecified atom stereocenters. The van der Waals surface area contributed by atoms with E-state index >= 15 is 0 Å². The zero-order valence-electron chi connectivity index (χ0n) is 22.0. The van der Waals surface area contributed by atoms with E-state index in [2.05, 4.69) is 45.5 Å². The molecule has 2 aliphatic heterocycles. The van der Waals surface area contributed by atoms with Gasteiger partial charge < -0.3 is 25.1 Å². The standard InChI is InChI=1S/C29H34N6O2S/c1-18(15-34-10-3-4-11-34)16-35-17-20-13-23-24(14-21(20)29(35)37)33-27(32-23)26-22(5-8-31-28(26)36)30-9-6-25-19(2)7-12-38-25/h5,7-8,12-14,18H,3-4,6,9-11,15-17H2,1-2H3,(H,32,33)(H2,30,31,36). The minimum atomic E-state index is -0.205. The van der Waals surface area contributed by atoms with Gasteiger partial charge in [-0.15, -0.1) is 11.3 Å². The number of aromatic amines is 2. The molecular formula is C29H34N6O2S. The zero-order valence-corrected chi connectivity index (χ0v) is 22.8. The molecule has 5 heterocycles. The highest BCUT2D eigenvalue weighted by Crippen LogP contribution is 2.30. The number of hydrogen-bond donors (Lipinski definition) is 3. The van der Waals surface area contributed by atoms with E-state index in [0.717, 1.165) is 41.8 Å². The number of pyridine rings is 1. The number of imidazole rings is 1. The number of nitrogens with zero attached hydrogens (tertiary/aromatic N) is 3. The molecule has 1 amide bonds. The van der Waals surface area contributed by atoms with Crippen LogP contribution in [0.25, 0.3) is 22.4 Å². The van der Waals surface area contributed by atoms with Gasteiger partial charge in [0.15, 0.2) is 0 Å². The van der Waals surface area contributed by atoms with Gasteiger partial charge in [0, 0.05) is 42.8 Å². The van der Waals surface area contributed by atoms with Crippen LogP contribution < -0.4 is 10.9 Å². The molecule has 3 aromatic heterocycles. The third-order valence-corrected chi connectivity index (χ3v) is 8.80. The topological polar surface area (TPSA) is 97.1 Å². The van der Waals surface area contributed by atoms with E-state index in [0.29, 0.717) is 35.9 Å². The summed E-state index contributed by atoms with van der Waals surface area (Å²) >= 11 is 1.75. The quantitative estimate of drug-likeness (QED) is 0.293. The van der Waals surface area contributed by atoms with Crippen molar-refractivity contribution in [3.8, 4) is 11.4 Å². The minimum Gasteiger partial charge on any atom is -0.384 e. The van der Waals surface area contributed by atoms with E-state index in [1.165, 1.54) is 36.4 Å². The number of anilines is 1. The average Bonchev–Trinajstić information content (AvgIpc) is 3.68. The molecule has 38 heavy (non-hydrogen) atoms. The van der Waals surface area contributed by atoms with Crippen molar-refractivity contribution in [3.63, 3.8) is 0 Å². The number of aromatic nitrogens is 3. The molecule has 4 aromatic rings. The second kappa shape index (κ2) is 10.4. The molecular weight excluding hydrogens is 496 g/mol. The molecule has 0 spiro atoms.